The third-order valence-corrected chi connectivity index (χ3v) is 5.03. The molecule has 3 nitrogen and oxygen atoms in total. The van der Waals surface area contributed by atoms with Crippen LogP contribution >= 0.6 is 23.2 Å². The summed E-state index contributed by atoms with van der Waals surface area (Å²) in [6.45, 7) is 0. The van der Waals surface area contributed by atoms with Crippen LogP contribution in [-0.4, -0.2) is 8.42 Å². The van der Waals surface area contributed by atoms with E-state index in [1.54, 1.807) is 0 Å². The van der Waals surface area contributed by atoms with Gasteiger partial charge in [-0.1, -0.05) is 29.3 Å². The van der Waals surface area contributed by atoms with Gasteiger partial charge in [-0.25, -0.2) is 12.8 Å². The Morgan fingerprint density at radius 2 is 1.80 bits per heavy atom. The number of sulfone groups is 1. The van der Waals surface area contributed by atoms with E-state index in [2.05, 4.69) is 0 Å². The molecular formula is C13H10Cl2FNO2S. The van der Waals surface area contributed by atoms with E-state index in [0.717, 1.165) is 6.07 Å². The van der Waals surface area contributed by atoms with Crippen molar-refractivity contribution in [1.29, 1.82) is 0 Å². The summed E-state index contributed by atoms with van der Waals surface area (Å²) in [5.74, 6) is -1.19. The van der Waals surface area contributed by atoms with Gasteiger partial charge in [0, 0.05) is 16.3 Å². The molecule has 0 aliphatic rings. The molecule has 0 unspecified atom stereocenters. The molecule has 0 spiro atoms. The highest BCUT2D eigenvalue weighted by atomic mass is 35.5. The van der Waals surface area contributed by atoms with Crippen LogP contribution in [0.15, 0.2) is 41.3 Å². The molecule has 0 bridgehead atoms. The van der Waals surface area contributed by atoms with Crippen LogP contribution in [0.2, 0.25) is 10.0 Å². The number of nitrogens with two attached hydrogens (primary N) is 1. The Morgan fingerprint density at radius 3 is 2.45 bits per heavy atom. The molecule has 0 saturated carbocycles. The summed E-state index contributed by atoms with van der Waals surface area (Å²) in [5, 5.41) is 0.249. The monoisotopic (exact) mass is 333 g/mol. The molecule has 0 atom stereocenters. The first-order chi connectivity index (χ1) is 9.29. The minimum Gasteiger partial charge on any atom is -0.399 e. The summed E-state index contributed by atoms with van der Waals surface area (Å²) >= 11 is 11.5. The standard InChI is InChI=1S/C13H10Cl2FNO2S/c14-9-2-1-8(12(16)5-9)7-20(18,19)13-6-10(17)3-4-11(13)15/h1-6H,7,17H2. The lowest BCUT2D eigenvalue weighted by atomic mass is 10.2. The van der Waals surface area contributed by atoms with E-state index in [1.807, 2.05) is 0 Å². The van der Waals surface area contributed by atoms with Gasteiger partial charge >= 0.3 is 0 Å². The fraction of sp³-hybridized carbons (Fsp3) is 0.0769. The van der Waals surface area contributed by atoms with E-state index in [4.69, 9.17) is 28.9 Å². The van der Waals surface area contributed by atoms with Crippen molar-refractivity contribution in [3.63, 3.8) is 0 Å². The second kappa shape index (κ2) is 5.60. The largest absolute Gasteiger partial charge is 0.399 e. The fourth-order valence-electron chi connectivity index (χ4n) is 1.68. The normalized spacial score (nSPS) is 11.6. The van der Waals surface area contributed by atoms with Crippen LogP contribution in [0.25, 0.3) is 0 Å². The van der Waals surface area contributed by atoms with Crippen LogP contribution in [0.5, 0.6) is 0 Å². The molecular weight excluding hydrogens is 324 g/mol. The number of rotatable bonds is 3. The molecule has 7 heteroatoms. The SMILES string of the molecule is Nc1ccc(Cl)c(S(=O)(=O)Cc2ccc(Cl)cc2F)c1. The Morgan fingerprint density at radius 1 is 1.10 bits per heavy atom. The lowest BCUT2D eigenvalue weighted by molar-refractivity contribution is 0.587. The Bertz CT molecular complexity index is 763. The molecule has 20 heavy (non-hydrogen) atoms. The predicted molar refractivity (Wildman–Crippen MR) is 78.2 cm³/mol. The highest BCUT2D eigenvalue weighted by molar-refractivity contribution is 7.90. The van der Waals surface area contributed by atoms with Crippen LogP contribution in [0.3, 0.4) is 0 Å². The van der Waals surface area contributed by atoms with E-state index in [1.165, 1.54) is 30.3 Å². The molecule has 0 aliphatic carbocycles. The number of hydrogen-bond donors (Lipinski definition) is 1. The van der Waals surface area contributed by atoms with Crippen molar-refractivity contribution in [2.45, 2.75) is 10.6 Å². The summed E-state index contributed by atoms with van der Waals surface area (Å²) < 4.78 is 38.2. The first-order valence-corrected chi connectivity index (χ1v) is 7.92. The zero-order valence-electron chi connectivity index (χ0n) is 10.1. The van der Waals surface area contributed by atoms with Crippen molar-refractivity contribution in [3.05, 3.63) is 57.8 Å². The summed E-state index contributed by atoms with van der Waals surface area (Å²) in [6.07, 6.45) is 0. The van der Waals surface area contributed by atoms with Crippen molar-refractivity contribution >= 4 is 38.7 Å². The fourth-order valence-corrected chi connectivity index (χ4v) is 3.79. The number of hydrogen-bond acceptors (Lipinski definition) is 3. The van der Waals surface area contributed by atoms with Crippen LogP contribution in [0, 0.1) is 5.82 Å². The minimum absolute atomic E-state index is 0.0212. The number of benzene rings is 2. The molecule has 106 valence electrons. The topological polar surface area (TPSA) is 60.2 Å². The lowest BCUT2D eigenvalue weighted by Gasteiger charge is -2.08. The molecule has 0 amide bonds. The van der Waals surface area contributed by atoms with Crippen LogP contribution in [0.1, 0.15) is 5.56 Å². The number of nitrogen functional groups attached to an aromatic ring is 1. The summed E-state index contributed by atoms with van der Waals surface area (Å²) in [4.78, 5) is -0.117. The van der Waals surface area contributed by atoms with Crippen molar-refractivity contribution in [1.82, 2.24) is 0 Å². The molecule has 2 rings (SSSR count). The van der Waals surface area contributed by atoms with Gasteiger partial charge in [0.25, 0.3) is 0 Å². The maximum atomic E-state index is 13.7. The summed E-state index contributed by atoms with van der Waals surface area (Å²) in [7, 11) is -3.80. The van der Waals surface area contributed by atoms with Gasteiger partial charge in [-0.2, -0.15) is 0 Å². The van der Waals surface area contributed by atoms with Gasteiger partial charge in [0.1, 0.15) is 5.82 Å². The van der Waals surface area contributed by atoms with Crippen molar-refractivity contribution < 1.29 is 12.8 Å². The summed E-state index contributed by atoms with van der Waals surface area (Å²) in [5.41, 5.74) is 5.84. The zero-order chi connectivity index (χ0) is 14.9. The second-order valence-corrected chi connectivity index (χ2v) is 6.99. The van der Waals surface area contributed by atoms with Gasteiger partial charge in [0.05, 0.1) is 15.7 Å². The molecule has 0 fully saturated rings. The van der Waals surface area contributed by atoms with E-state index >= 15 is 0 Å². The maximum absolute atomic E-state index is 13.7. The van der Waals surface area contributed by atoms with Gasteiger partial charge in [0.15, 0.2) is 9.84 Å². The Hall–Kier alpha value is -1.30. The highest BCUT2D eigenvalue weighted by Crippen LogP contribution is 2.27. The van der Waals surface area contributed by atoms with E-state index < -0.39 is 21.4 Å². The molecule has 2 N–H and O–H groups in total. The van der Waals surface area contributed by atoms with Gasteiger partial charge in [0.2, 0.25) is 0 Å². The van der Waals surface area contributed by atoms with E-state index in [-0.39, 0.29) is 26.2 Å². The molecule has 2 aromatic rings. The Balaban J connectivity index is 2.43. The van der Waals surface area contributed by atoms with Crippen molar-refractivity contribution in [2.75, 3.05) is 5.73 Å². The van der Waals surface area contributed by atoms with Gasteiger partial charge in [-0.05, 0) is 30.3 Å². The van der Waals surface area contributed by atoms with Crippen molar-refractivity contribution in [3.8, 4) is 0 Å². The molecule has 0 saturated heterocycles. The first-order valence-electron chi connectivity index (χ1n) is 5.51. The smallest absolute Gasteiger partial charge is 0.184 e. The van der Waals surface area contributed by atoms with Gasteiger partial charge in [-0.3, -0.25) is 0 Å². The number of anilines is 1. The zero-order valence-corrected chi connectivity index (χ0v) is 12.4. The molecule has 0 aromatic heterocycles. The third kappa shape index (κ3) is 3.23. The summed E-state index contributed by atoms with van der Waals surface area (Å²) in [6, 6.07) is 7.96. The molecule has 0 aliphatic heterocycles. The second-order valence-electron chi connectivity index (χ2n) is 4.18. The molecule has 2 aromatic carbocycles. The third-order valence-electron chi connectivity index (χ3n) is 2.65. The van der Waals surface area contributed by atoms with Crippen LogP contribution < -0.4 is 5.73 Å². The van der Waals surface area contributed by atoms with E-state index in [0.29, 0.717) is 0 Å². The number of halogens is 3. The van der Waals surface area contributed by atoms with Crippen LogP contribution in [-0.2, 0) is 15.6 Å². The van der Waals surface area contributed by atoms with Crippen LogP contribution in [0.4, 0.5) is 10.1 Å². The predicted octanol–water partition coefficient (Wildman–Crippen LogP) is 3.69. The van der Waals surface area contributed by atoms with Gasteiger partial charge in [-0.15, -0.1) is 0 Å². The van der Waals surface area contributed by atoms with Gasteiger partial charge < -0.3 is 5.73 Å². The molecule has 0 radical (unpaired) electrons. The van der Waals surface area contributed by atoms with E-state index in [9.17, 15) is 12.8 Å². The quantitative estimate of drug-likeness (QED) is 0.871. The molecule has 0 heterocycles. The van der Waals surface area contributed by atoms with Crippen molar-refractivity contribution in [2.24, 2.45) is 0 Å². The average molecular weight is 334 g/mol. The minimum atomic E-state index is -3.80. The Labute approximate surface area is 126 Å². The Kier molecular flexibility index (Phi) is 4.22. The first kappa shape index (κ1) is 15.1. The lowest BCUT2D eigenvalue weighted by Crippen LogP contribution is -2.07. The average Bonchev–Trinajstić information content (AvgIpc) is 2.35. The maximum Gasteiger partial charge on any atom is 0.184 e. The highest BCUT2D eigenvalue weighted by Gasteiger charge is 2.21.